The maximum absolute atomic E-state index is 10.5. The zero-order valence-electron chi connectivity index (χ0n) is 10.3. The molecule has 1 aromatic rings. The summed E-state index contributed by atoms with van der Waals surface area (Å²) in [6.45, 7) is 3.63. The van der Waals surface area contributed by atoms with E-state index in [0.717, 1.165) is 37.4 Å². The van der Waals surface area contributed by atoms with Crippen molar-refractivity contribution in [3.63, 3.8) is 0 Å². The average Bonchev–Trinajstić information content (AvgIpc) is 2.39. The molecule has 1 heterocycles. The van der Waals surface area contributed by atoms with Crippen molar-refractivity contribution in [1.82, 2.24) is 0 Å². The second-order valence-electron chi connectivity index (χ2n) is 4.76. The monoisotopic (exact) mass is 252 g/mol. The predicted octanol–water partition coefficient (Wildman–Crippen LogP) is 2.81. The molecule has 1 fully saturated rings. The van der Waals surface area contributed by atoms with Gasteiger partial charge in [0.05, 0.1) is 5.60 Å². The van der Waals surface area contributed by atoms with E-state index in [9.17, 15) is 5.11 Å². The molecule has 1 N–H and O–H groups in total. The summed E-state index contributed by atoms with van der Waals surface area (Å²) in [5, 5.41) is 11.1. The van der Waals surface area contributed by atoms with Crippen LogP contribution in [0.3, 0.4) is 0 Å². The first-order valence-electron chi connectivity index (χ1n) is 6.16. The Morgan fingerprint density at radius 1 is 1.29 bits per heavy atom. The molecule has 3 heteroatoms. The largest absolute Gasteiger partial charge is 0.385 e. The Hall–Kier alpha value is -0.510. The van der Waals surface area contributed by atoms with Gasteiger partial charge >= 0.3 is 0 Å². The van der Waals surface area contributed by atoms with Gasteiger partial charge in [-0.1, -0.05) is 30.3 Å². The lowest BCUT2D eigenvalue weighted by atomic mass is 9.99. The predicted molar refractivity (Wildman–Crippen MR) is 72.3 cm³/mol. The minimum atomic E-state index is -0.732. The van der Waals surface area contributed by atoms with Crippen LogP contribution in [0, 0.1) is 0 Å². The fourth-order valence-corrected chi connectivity index (χ4v) is 3.26. The summed E-state index contributed by atoms with van der Waals surface area (Å²) in [6, 6.07) is 9.91. The smallest absolute Gasteiger partial charge is 0.0958 e. The Morgan fingerprint density at radius 3 is 2.59 bits per heavy atom. The second-order valence-corrected chi connectivity index (χ2v) is 6.05. The number of ether oxygens (including phenoxy) is 1. The summed E-state index contributed by atoms with van der Waals surface area (Å²) in [6.07, 6.45) is 2.21. The third kappa shape index (κ3) is 3.73. The van der Waals surface area contributed by atoms with Gasteiger partial charge in [-0.25, -0.2) is 0 Å². The first-order chi connectivity index (χ1) is 8.18. The van der Waals surface area contributed by atoms with Crippen LogP contribution >= 0.6 is 11.8 Å². The van der Waals surface area contributed by atoms with Crippen molar-refractivity contribution in [2.24, 2.45) is 0 Å². The number of hydrogen-bond donors (Lipinski definition) is 1. The molecule has 0 saturated carbocycles. The van der Waals surface area contributed by atoms with Crippen molar-refractivity contribution in [1.29, 1.82) is 0 Å². The van der Waals surface area contributed by atoms with E-state index in [1.165, 1.54) is 0 Å². The maximum Gasteiger partial charge on any atom is 0.0958 e. The topological polar surface area (TPSA) is 29.5 Å². The number of rotatable bonds is 4. The summed E-state index contributed by atoms with van der Waals surface area (Å²) in [7, 11) is 0. The van der Waals surface area contributed by atoms with Crippen molar-refractivity contribution in [3.8, 4) is 0 Å². The standard InChI is InChI=1S/C14H20O2S/c1-14(15,12-5-3-2-4-6-12)11-17-13-7-9-16-10-8-13/h2-6,13,15H,7-11H2,1H3. The van der Waals surface area contributed by atoms with E-state index in [0.29, 0.717) is 5.25 Å². The van der Waals surface area contributed by atoms with Crippen LogP contribution in [0.2, 0.25) is 0 Å². The summed E-state index contributed by atoms with van der Waals surface area (Å²) in [5.74, 6) is 0.752. The van der Waals surface area contributed by atoms with Crippen LogP contribution in [0.25, 0.3) is 0 Å². The van der Waals surface area contributed by atoms with Crippen LogP contribution in [0.4, 0.5) is 0 Å². The molecule has 2 rings (SSSR count). The lowest BCUT2D eigenvalue weighted by molar-refractivity contribution is 0.0821. The Labute approximate surface area is 107 Å². The molecule has 94 valence electrons. The molecule has 1 aliphatic heterocycles. The molecule has 1 saturated heterocycles. The lowest BCUT2D eigenvalue weighted by Gasteiger charge is -2.28. The molecule has 0 aromatic heterocycles. The Bertz CT molecular complexity index is 331. The van der Waals surface area contributed by atoms with Gasteiger partial charge in [0.15, 0.2) is 0 Å². The van der Waals surface area contributed by atoms with Crippen molar-refractivity contribution in [3.05, 3.63) is 35.9 Å². The summed E-state index contributed by atoms with van der Waals surface area (Å²) < 4.78 is 5.34. The van der Waals surface area contributed by atoms with Crippen LogP contribution in [0.1, 0.15) is 25.3 Å². The van der Waals surface area contributed by atoms with Gasteiger partial charge in [0, 0.05) is 24.2 Å². The zero-order valence-corrected chi connectivity index (χ0v) is 11.1. The average molecular weight is 252 g/mol. The number of benzene rings is 1. The van der Waals surface area contributed by atoms with Gasteiger partial charge in [-0.05, 0) is 25.3 Å². The number of hydrogen-bond acceptors (Lipinski definition) is 3. The molecule has 1 atom stereocenters. The van der Waals surface area contributed by atoms with Gasteiger partial charge in [0.2, 0.25) is 0 Å². The quantitative estimate of drug-likeness (QED) is 0.893. The summed E-state index contributed by atoms with van der Waals surface area (Å²) in [5.41, 5.74) is 0.268. The van der Waals surface area contributed by atoms with Crippen LogP contribution in [-0.2, 0) is 10.3 Å². The number of thioether (sulfide) groups is 1. The summed E-state index contributed by atoms with van der Waals surface area (Å²) >= 11 is 1.87. The van der Waals surface area contributed by atoms with E-state index in [2.05, 4.69) is 0 Å². The van der Waals surface area contributed by atoms with Gasteiger partial charge in [-0.3, -0.25) is 0 Å². The molecule has 1 aliphatic rings. The Balaban J connectivity index is 1.88. The van der Waals surface area contributed by atoms with E-state index in [4.69, 9.17) is 4.74 Å². The van der Waals surface area contributed by atoms with E-state index in [-0.39, 0.29) is 0 Å². The van der Waals surface area contributed by atoms with E-state index in [1.807, 2.05) is 49.0 Å². The van der Waals surface area contributed by atoms with Crippen molar-refractivity contribution in [2.45, 2.75) is 30.6 Å². The zero-order chi connectivity index (χ0) is 12.1. The van der Waals surface area contributed by atoms with Crippen molar-refractivity contribution < 1.29 is 9.84 Å². The van der Waals surface area contributed by atoms with E-state index in [1.54, 1.807) is 0 Å². The molecular formula is C14H20O2S. The lowest BCUT2D eigenvalue weighted by Crippen LogP contribution is -2.27. The first kappa shape index (κ1) is 12.9. The van der Waals surface area contributed by atoms with Crippen molar-refractivity contribution >= 4 is 11.8 Å². The highest BCUT2D eigenvalue weighted by Gasteiger charge is 2.25. The van der Waals surface area contributed by atoms with Gasteiger partial charge in [-0.2, -0.15) is 11.8 Å². The second kappa shape index (κ2) is 5.89. The highest BCUT2D eigenvalue weighted by atomic mass is 32.2. The fourth-order valence-electron chi connectivity index (χ4n) is 2.00. The summed E-state index contributed by atoms with van der Waals surface area (Å²) in [4.78, 5) is 0. The highest BCUT2D eigenvalue weighted by molar-refractivity contribution is 7.99. The molecule has 17 heavy (non-hydrogen) atoms. The molecule has 0 bridgehead atoms. The molecule has 2 nitrogen and oxygen atoms in total. The van der Waals surface area contributed by atoms with Crippen LogP contribution in [-0.4, -0.2) is 29.3 Å². The minimum Gasteiger partial charge on any atom is -0.385 e. The molecule has 0 aliphatic carbocycles. The van der Waals surface area contributed by atoms with E-state index < -0.39 is 5.60 Å². The molecule has 1 aromatic carbocycles. The third-order valence-electron chi connectivity index (χ3n) is 3.16. The van der Waals surface area contributed by atoms with Crippen LogP contribution in [0.5, 0.6) is 0 Å². The Morgan fingerprint density at radius 2 is 1.94 bits per heavy atom. The maximum atomic E-state index is 10.5. The Kier molecular flexibility index (Phi) is 4.48. The minimum absolute atomic E-state index is 0.638. The third-order valence-corrected chi connectivity index (χ3v) is 4.84. The first-order valence-corrected chi connectivity index (χ1v) is 7.20. The fraction of sp³-hybridized carbons (Fsp3) is 0.571. The molecule has 0 spiro atoms. The molecule has 0 radical (unpaired) electrons. The van der Waals surface area contributed by atoms with Crippen molar-refractivity contribution in [2.75, 3.05) is 19.0 Å². The van der Waals surface area contributed by atoms with Gasteiger partial charge in [-0.15, -0.1) is 0 Å². The normalized spacial score (nSPS) is 21.1. The van der Waals surface area contributed by atoms with Gasteiger partial charge in [0.1, 0.15) is 0 Å². The van der Waals surface area contributed by atoms with Crippen LogP contribution < -0.4 is 0 Å². The van der Waals surface area contributed by atoms with Crippen LogP contribution in [0.15, 0.2) is 30.3 Å². The molecule has 0 amide bonds. The SMILES string of the molecule is CC(O)(CSC1CCOCC1)c1ccccc1. The molecule has 1 unspecified atom stereocenters. The van der Waals surface area contributed by atoms with Gasteiger partial charge in [0.25, 0.3) is 0 Å². The van der Waals surface area contributed by atoms with E-state index >= 15 is 0 Å². The number of aliphatic hydroxyl groups is 1. The molecular weight excluding hydrogens is 232 g/mol. The van der Waals surface area contributed by atoms with Gasteiger partial charge < -0.3 is 9.84 Å². The highest BCUT2D eigenvalue weighted by Crippen LogP contribution is 2.30.